The lowest BCUT2D eigenvalue weighted by Gasteiger charge is -2.42. The van der Waals surface area contributed by atoms with Gasteiger partial charge in [-0.3, -0.25) is 9.59 Å². The molecule has 1 heterocycles. The summed E-state index contributed by atoms with van der Waals surface area (Å²) in [6.07, 6.45) is 2.82. The molecule has 1 saturated carbocycles. The van der Waals surface area contributed by atoms with Crippen molar-refractivity contribution in [3.63, 3.8) is 0 Å². The maximum atomic E-state index is 13.9. The van der Waals surface area contributed by atoms with Crippen molar-refractivity contribution < 1.29 is 23.5 Å². The molecule has 32 heavy (non-hydrogen) atoms. The molecule has 0 unspecified atom stereocenters. The summed E-state index contributed by atoms with van der Waals surface area (Å²) < 4.78 is 19.7. The summed E-state index contributed by atoms with van der Waals surface area (Å²) in [4.78, 5) is 35.3. The maximum absolute atomic E-state index is 13.9. The van der Waals surface area contributed by atoms with E-state index >= 15 is 0 Å². The van der Waals surface area contributed by atoms with Crippen LogP contribution in [0.4, 0.5) is 9.18 Å². The van der Waals surface area contributed by atoms with E-state index in [1.807, 2.05) is 20.8 Å². The van der Waals surface area contributed by atoms with Crippen molar-refractivity contribution in [1.29, 1.82) is 0 Å². The number of nitrogens with zero attached hydrogens (tertiary/aromatic N) is 1. The van der Waals surface area contributed by atoms with Gasteiger partial charge in [0.2, 0.25) is 0 Å². The van der Waals surface area contributed by atoms with Crippen LogP contribution in [0.5, 0.6) is 0 Å². The number of amides is 3. The number of carbonyl (C=O) groups is 3. The first-order valence-corrected chi connectivity index (χ1v) is 11.0. The van der Waals surface area contributed by atoms with Gasteiger partial charge in [-0.15, -0.1) is 0 Å². The minimum absolute atomic E-state index is 0.0687. The van der Waals surface area contributed by atoms with Gasteiger partial charge in [-0.2, -0.15) is 5.10 Å². The van der Waals surface area contributed by atoms with E-state index < -0.39 is 23.5 Å². The van der Waals surface area contributed by atoms with Crippen LogP contribution in [0, 0.1) is 11.7 Å². The standard InChI is InChI=1S/C23H31FN4O4/c1-13(2)18-12-16(24)5-6-17(18)19-23(32-22(31)28-27-19)9-7-15(8-10-23)11-14(3)26-21(30)20(29)25-4/h5-6,12-15H,7-11H2,1-4H3,(H,25,29)(H,26,30)(H,28,31)/t14-,15?,23?/m0/s1. The number of benzene rings is 1. The van der Waals surface area contributed by atoms with Crippen molar-refractivity contribution in [2.75, 3.05) is 7.05 Å². The molecule has 1 atom stereocenters. The predicted molar refractivity (Wildman–Crippen MR) is 118 cm³/mol. The van der Waals surface area contributed by atoms with Gasteiger partial charge in [0.15, 0.2) is 5.60 Å². The van der Waals surface area contributed by atoms with Crippen LogP contribution >= 0.6 is 0 Å². The van der Waals surface area contributed by atoms with Crippen molar-refractivity contribution in [3.05, 3.63) is 35.1 Å². The highest BCUT2D eigenvalue weighted by atomic mass is 19.1. The molecule has 0 bridgehead atoms. The quantitative estimate of drug-likeness (QED) is 0.604. The molecular weight excluding hydrogens is 415 g/mol. The fourth-order valence-corrected chi connectivity index (χ4v) is 4.66. The number of hydrogen-bond acceptors (Lipinski definition) is 5. The van der Waals surface area contributed by atoms with Gasteiger partial charge >= 0.3 is 17.9 Å². The first-order valence-electron chi connectivity index (χ1n) is 11.0. The molecule has 8 nitrogen and oxygen atoms in total. The Labute approximate surface area is 187 Å². The Morgan fingerprint density at radius 1 is 1.25 bits per heavy atom. The minimum Gasteiger partial charge on any atom is -0.435 e. The van der Waals surface area contributed by atoms with E-state index in [0.29, 0.717) is 30.9 Å². The van der Waals surface area contributed by atoms with Crippen molar-refractivity contribution in [2.24, 2.45) is 11.0 Å². The number of nitrogens with one attached hydrogen (secondary N) is 3. The summed E-state index contributed by atoms with van der Waals surface area (Å²) in [6.45, 7) is 5.84. The molecule has 1 fully saturated rings. The van der Waals surface area contributed by atoms with Gasteiger partial charge in [-0.1, -0.05) is 13.8 Å². The molecule has 1 aromatic rings. The van der Waals surface area contributed by atoms with Crippen LogP contribution in [0.3, 0.4) is 0 Å². The highest BCUT2D eigenvalue weighted by molar-refractivity contribution is 6.35. The third-order valence-corrected chi connectivity index (χ3v) is 6.28. The van der Waals surface area contributed by atoms with Crippen LogP contribution in [0.1, 0.15) is 69.9 Å². The molecule has 1 spiro atoms. The number of halogens is 1. The van der Waals surface area contributed by atoms with E-state index in [0.717, 1.165) is 24.0 Å². The number of hydrogen-bond donors (Lipinski definition) is 3. The van der Waals surface area contributed by atoms with E-state index in [1.54, 1.807) is 6.07 Å². The second kappa shape index (κ2) is 9.67. The van der Waals surface area contributed by atoms with E-state index in [2.05, 4.69) is 21.2 Å². The van der Waals surface area contributed by atoms with E-state index in [1.165, 1.54) is 19.2 Å². The number of hydrazone groups is 1. The first kappa shape index (κ1) is 23.7. The van der Waals surface area contributed by atoms with Crippen LogP contribution in [0.25, 0.3) is 0 Å². The smallest absolute Gasteiger partial charge is 0.428 e. The molecule has 0 radical (unpaired) electrons. The van der Waals surface area contributed by atoms with Crippen LogP contribution in [-0.4, -0.2) is 42.3 Å². The van der Waals surface area contributed by atoms with Crippen LogP contribution in [0.15, 0.2) is 23.3 Å². The SMILES string of the molecule is CNC(=O)C(=O)N[C@@H](C)CC1CCC2(CC1)OC(=O)NN=C2c1ccc(F)cc1C(C)C. The zero-order valence-corrected chi connectivity index (χ0v) is 19.0. The van der Waals surface area contributed by atoms with Crippen molar-refractivity contribution in [1.82, 2.24) is 16.1 Å². The van der Waals surface area contributed by atoms with Crippen molar-refractivity contribution >= 4 is 23.6 Å². The molecule has 174 valence electrons. The Bertz CT molecular complexity index is 923. The highest BCUT2D eigenvalue weighted by Crippen LogP contribution is 2.41. The third-order valence-electron chi connectivity index (χ3n) is 6.28. The molecule has 0 saturated heterocycles. The Balaban J connectivity index is 1.75. The molecule has 3 amide bonds. The second-order valence-electron chi connectivity index (χ2n) is 8.98. The summed E-state index contributed by atoms with van der Waals surface area (Å²) in [7, 11) is 1.42. The topological polar surface area (TPSA) is 109 Å². The Morgan fingerprint density at radius 2 is 1.94 bits per heavy atom. The van der Waals surface area contributed by atoms with Crippen molar-refractivity contribution in [2.45, 2.75) is 70.4 Å². The minimum atomic E-state index is -0.866. The van der Waals surface area contributed by atoms with Crippen LogP contribution in [0.2, 0.25) is 0 Å². The molecule has 0 aromatic heterocycles. The van der Waals surface area contributed by atoms with Gasteiger partial charge in [0, 0.05) is 18.7 Å². The van der Waals surface area contributed by atoms with E-state index in [4.69, 9.17) is 4.74 Å². The van der Waals surface area contributed by atoms with Crippen LogP contribution in [-0.2, 0) is 14.3 Å². The molecule has 9 heteroatoms. The average Bonchev–Trinajstić information content (AvgIpc) is 2.75. The monoisotopic (exact) mass is 446 g/mol. The van der Waals surface area contributed by atoms with Crippen LogP contribution < -0.4 is 16.1 Å². The zero-order chi connectivity index (χ0) is 23.5. The fourth-order valence-electron chi connectivity index (χ4n) is 4.66. The van der Waals surface area contributed by atoms with Gasteiger partial charge in [-0.25, -0.2) is 14.6 Å². The lowest BCUT2D eigenvalue weighted by molar-refractivity contribution is -0.139. The number of carbonyl (C=O) groups excluding carboxylic acids is 3. The normalized spacial score (nSPS) is 23.8. The van der Waals surface area contributed by atoms with Gasteiger partial charge in [-0.05, 0) is 74.6 Å². The molecule has 2 aliphatic rings. The van der Waals surface area contributed by atoms with Crippen molar-refractivity contribution in [3.8, 4) is 0 Å². The molecule has 3 N–H and O–H groups in total. The third kappa shape index (κ3) is 5.08. The predicted octanol–water partition coefficient (Wildman–Crippen LogP) is 2.96. The number of rotatable bonds is 5. The molecule has 3 rings (SSSR count). The number of ether oxygens (including phenoxy) is 1. The Hall–Kier alpha value is -2.97. The van der Waals surface area contributed by atoms with E-state index in [9.17, 15) is 18.8 Å². The second-order valence-corrected chi connectivity index (χ2v) is 8.98. The first-order chi connectivity index (χ1) is 15.1. The van der Waals surface area contributed by atoms with Gasteiger partial charge in [0.25, 0.3) is 0 Å². The van der Waals surface area contributed by atoms with Gasteiger partial charge in [0.05, 0.1) is 0 Å². The Kier molecular flexibility index (Phi) is 7.16. The zero-order valence-electron chi connectivity index (χ0n) is 19.0. The fraction of sp³-hybridized carbons (Fsp3) is 0.565. The lowest BCUT2D eigenvalue weighted by atomic mass is 9.72. The van der Waals surface area contributed by atoms with Gasteiger partial charge in [0.1, 0.15) is 11.5 Å². The summed E-state index contributed by atoms with van der Waals surface area (Å²) in [6, 6.07) is 4.45. The summed E-state index contributed by atoms with van der Waals surface area (Å²) >= 11 is 0. The highest BCUT2D eigenvalue weighted by Gasteiger charge is 2.47. The molecular formula is C23H31FN4O4. The van der Waals surface area contributed by atoms with Gasteiger partial charge < -0.3 is 15.4 Å². The molecule has 1 aromatic carbocycles. The molecule has 1 aliphatic heterocycles. The lowest BCUT2D eigenvalue weighted by Crippen LogP contribution is -2.53. The number of likely N-dealkylation sites (N-methyl/N-ethyl adjacent to an activating group) is 1. The Morgan fingerprint density at radius 3 is 2.56 bits per heavy atom. The summed E-state index contributed by atoms with van der Waals surface area (Å²) in [5.74, 6) is -1.26. The largest absolute Gasteiger partial charge is 0.435 e. The summed E-state index contributed by atoms with van der Waals surface area (Å²) in [5, 5.41) is 9.37. The maximum Gasteiger partial charge on any atom is 0.428 e. The average molecular weight is 447 g/mol. The summed E-state index contributed by atoms with van der Waals surface area (Å²) in [5.41, 5.74) is 3.77. The van der Waals surface area contributed by atoms with E-state index in [-0.39, 0.29) is 17.8 Å². The molecule has 1 aliphatic carbocycles.